The largest absolute Gasteiger partial charge is 0.371 e. The van der Waals surface area contributed by atoms with Crippen molar-refractivity contribution in [2.75, 3.05) is 50.7 Å². The van der Waals surface area contributed by atoms with E-state index in [9.17, 15) is 0 Å². The summed E-state index contributed by atoms with van der Waals surface area (Å²) in [4.78, 5) is 9.49. The summed E-state index contributed by atoms with van der Waals surface area (Å²) in [5, 5.41) is 3.57. The van der Waals surface area contributed by atoms with Crippen LogP contribution in [0.1, 0.15) is 56.9 Å². The van der Waals surface area contributed by atoms with E-state index in [1.165, 1.54) is 95.6 Å². The van der Waals surface area contributed by atoms with Crippen molar-refractivity contribution in [2.45, 2.75) is 51.4 Å². The summed E-state index contributed by atoms with van der Waals surface area (Å²) in [5.74, 6) is 0.696. The highest BCUT2D eigenvalue weighted by molar-refractivity contribution is 5.56. The van der Waals surface area contributed by atoms with Crippen molar-refractivity contribution in [2.24, 2.45) is 0 Å². The topological polar surface area (TPSA) is 31.4 Å². The molecule has 0 atom stereocenters. The molecule has 3 rings (SSSR count). The minimum atomic E-state index is 0.696. The summed E-state index contributed by atoms with van der Waals surface area (Å²) in [5.41, 5.74) is 2.92. The van der Waals surface area contributed by atoms with Gasteiger partial charge in [-0.1, -0.05) is 19.8 Å². The van der Waals surface area contributed by atoms with E-state index < -0.39 is 0 Å². The standard InChI is InChI=1S/C20H34N4/c1-2-3-4-9-21-10-5-6-12-23-16-18(17-23)19-15-22-11-8-20(19)24-13-7-14-24/h8,11,15,18,21H,2-7,9-10,12-14,16-17H2,1H3. The molecule has 0 saturated carbocycles. The van der Waals surface area contributed by atoms with Crippen LogP contribution in [0.4, 0.5) is 5.69 Å². The van der Waals surface area contributed by atoms with Crippen LogP contribution in [0.3, 0.4) is 0 Å². The molecule has 2 fully saturated rings. The SMILES string of the molecule is CCCCCNCCCCN1CC(c2cnccc2N2CCC2)C1. The van der Waals surface area contributed by atoms with Crippen molar-refractivity contribution in [3.8, 4) is 0 Å². The molecule has 0 amide bonds. The second-order valence-corrected chi connectivity index (χ2v) is 7.40. The zero-order chi connectivity index (χ0) is 16.6. The maximum absolute atomic E-state index is 4.38. The Morgan fingerprint density at radius 2 is 1.92 bits per heavy atom. The normalized spacial score (nSPS) is 18.5. The van der Waals surface area contributed by atoms with Gasteiger partial charge in [0.1, 0.15) is 0 Å². The number of hydrogen-bond acceptors (Lipinski definition) is 4. The second-order valence-electron chi connectivity index (χ2n) is 7.40. The number of likely N-dealkylation sites (tertiary alicyclic amines) is 1. The van der Waals surface area contributed by atoms with Gasteiger partial charge in [-0.05, 0) is 56.9 Å². The first-order valence-electron chi connectivity index (χ1n) is 10.0. The van der Waals surface area contributed by atoms with Crippen LogP contribution in [0.5, 0.6) is 0 Å². The Labute approximate surface area is 147 Å². The van der Waals surface area contributed by atoms with E-state index in [1.807, 2.05) is 6.20 Å². The summed E-state index contributed by atoms with van der Waals surface area (Å²) >= 11 is 0. The number of aromatic nitrogens is 1. The van der Waals surface area contributed by atoms with Gasteiger partial charge in [-0.2, -0.15) is 0 Å². The van der Waals surface area contributed by atoms with Gasteiger partial charge < -0.3 is 15.1 Å². The van der Waals surface area contributed by atoms with Crippen molar-refractivity contribution in [3.63, 3.8) is 0 Å². The highest BCUT2D eigenvalue weighted by Gasteiger charge is 2.31. The van der Waals surface area contributed by atoms with Crippen molar-refractivity contribution in [3.05, 3.63) is 24.0 Å². The number of nitrogens with zero attached hydrogens (tertiary/aromatic N) is 3. The lowest BCUT2D eigenvalue weighted by atomic mass is 9.90. The van der Waals surface area contributed by atoms with Gasteiger partial charge in [-0.25, -0.2) is 0 Å². The quantitative estimate of drug-likeness (QED) is 0.631. The van der Waals surface area contributed by atoms with Crippen LogP contribution < -0.4 is 10.2 Å². The summed E-state index contributed by atoms with van der Waals surface area (Å²) < 4.78 is 0. The molecule has 2 saturated heterocycles. The lowest BCUT2D eigenvalue weighted by Gasteiger charge is -2.42. The molecule has 24 heavy (non-hydrogen) atoms. The minimum Gasteiger partial charge on any atom is -0.371 e. The molecule has 1 N–H and O–H groups in total. The lowest BCUT2D eigenvalue weighted by Crippen LogP contribution is -2.46. The summed E-state index contributed by atoms with van der Waals surface area (Å²) in [6, 6.07) is 2.21. The number of hydrogen-bond donors (Lipinski definition) is 1. The van der Waals surface area contributed by atoms with Gasteiger partial charge in [0.25, 0.3) is 0 Å². The van der Waals surface area contributed by atoms with Gasteiger partial charge in [0, 0.05) is 50.2 Å². The van der Waals surface area contributed by atoms with Crippen LogP contribution >= 0.6 is 0 Å². The van der Waals surface area contributed by atoms with Crippen molar-refractivity contribution in [1.29, 1.82) is 0 Å². The van der Waals surface area contributed by atoms with Crippen LogP contribution in [0.2, 0.25) is 0 Å². The molecule has 2 aliphatic heterocycles. The number of nitrogens with one attached hydrogen (secondary N) is 1. The molecule has 0 aliphatic carbocycles. The molecule has 0 aromatic carbocycles. The van der Waals surface area contributed by atoms with E-state index in [4.69, 9.17) is 0 Å². The van der Waals surface area contributed by atoms with E-state index in [2.05, 4.69) is 39.3 Å². The average molecular weight is 331 g/mol. The lowest BCUT2D eigenvalue weighted by molar-refractivity contribution is 0.145. The summed E-state index contributed by atoms with van der Waals surface area (Å²) in [6.45, 7) is 10.8. The first-order valence-corrected chi connectivity index (χ1v) is 10.0. The minimum absolute atomic E-state index is 0.696. The Kier molecular flexibility index (Phi) is 6.91. The Bertz CT molecular complexity index is 480. The Morgan fingerprint density at radius 3 is 2.62 bits per heavy atom. The smallest absolute Gasteiger partial charge is 0.0433 e. The van der Waals surface area contributed by atoms with E-state index in [0.29, 0.717) is 5.92 Å². The Hall–Kier alpha value is -1.13. The maximum Gasteiger partial charge on any atom is 0.0433 e. The molecular formula is C20H34N4. The molecular weight excluding hydrogens is 296 g/mol. The zero-order valence-electron chi connectivity index (χ0n) is 15.3. The third-order valence-corrected chi connectivity index (χ3v) is 5.46. The number of anilines is 1. The molecule has 4 nitrogen and oxygen atoms in total. The molecule has 134 valence electrons. The van der Waals surface area contributed by atoms with Crippen LogP contribution in [0.15, 0.2) is 18.5 Å². The monoisotopic (exact) mass is 330 g/mol. The average Bonchev–Trinajstić information content (AvgIpc) is 2.51. The maximum atomic E-state index is 4.38. The van der Waals surface area contributed by atoms with Crippen LogP contribution in [-0.2, 0) is 0 Å². The third-order valence-electron chi connectivity index (χ3n) is 5.46. The van der Waals surface area contributed by atoms with E-state index in [0.717, 1.165) is 0 Å². The first kappa shape index (κ1) is 17.7. The van der Waals surface area contributed by atoms with Gasteiger partial charge >= 0.3 is 0 Å². The van der Waals surface area contributed by atoms with Gasteiger partial charge in [0.15, 0.2) is 0 Å². The van der Waals surface area contributed by atoms with E-state index in [1.54, 1.807) is 0 Å². The fourth-order valence-electron chi connectivity index (χ4n) is 3.72. The molecule has 4 heteroatoms. The van der Waals surface area contributed by atoms with Gasteiger partial charge in [-0.15, -0.1) is 0 Å². The molecule has 1 aromatic rings. The fourth-order valence-corrected chi connectivity index (χ4v) is 3.72. The summed E-state index contributed by atoms with van der Waals surface area (Å²) in [6.07, 6.45) is 12.0. The van der Waals surface area contributed by atoms with Crippen LogP contribution in [-0.4, -0.2) is 55.7 Å². The van der Waals surface area contributed by atoms with E-state index >= 15 is 0 Å². The first-order chi connectivity index (χ1) is 11.9. The molecule has 0 radical (unpaired) electrons. The molecule has 3 heterocycles. The molecule has 0 unspecified atom stereocenters. The van der Waals surface area contributed by atoms with Gasteiger partial charge in [0.05, 0.1) is 0 Å². The third kappa shape index (κ3) is 4.70. The van der Waals surface area contributed by atoms with Crippen molar-refractivity contribution < 1.29 is 0 Å². The molecule has 0 spiro atoms. The summed E-state index contributed by atoms with van der Waals surface area (Å²) in [7, 11) is 0. The second kappa shape index (κ2) is 9.38. The fraction of sp³-hybridized carbons (Fsp3) is 0.750. The zero-order valence-corrected chi connectivity index (χ0v) is 15.3. The molecule has 1 aromatic heterocycles. The van der Waals surface area contributed by atoms with Crippen LogP contribution in [0, 0.1) is 0 Å². The highest BCUT2D eigenvalue weighted by Crippen LogP contribution is 2.35. The Morgan fingerprint density at radius 1 is 1.12 bits per heavy atom. The molecule has 0 bridgehead atoms. The number of unbranched alkanes of at least 4 members (excludes halogenated alkanes) is 3. The number of rotatable bonds is 11. The van der Waals surface area contributed by atoms with E-state index in [-0.39, 0.29) is 0 Å². The van der Waals surface area contributed by atoms with Crippen LogP contribution in [0.25, 0.3) is 0 Å². The van der Waals surface area contributed by atoms with Crippen molar-refractivity contribution >= 4 is 5.69 Å². The number of pyridine rings is 1. The van der Waals surface area contributed by atoms with Gasteiger partial charge in [-0.3, -0.25) is 4.98 Å². The van der Waals surface area contributed by atoms with Crippen molar-refractivity contribution in [1.82, 2.24) is 15.2 Å². The predicted octanol–water partition coefficient (Wildman–Crippen LogP) is 3.25. The Balaban J connectivity index is 1.29. The highest BCUT2D eigenvalue weighted by atomic mass is 15.2. The molecule has 2 aliphatic rings. The predicted molar refractivity (Wildman–Crippen MR) is 102 cm³/mol. The van der Waals surface area contributed by atoms with Gasteiger partial charge in [0.2, 0.25) is 0 Å².